The van der Waals surface area contributed by atoms with Crippen molar-refractivity contribution in [3.63, 3.8) is 0 Å². The summed E-state index contributed by atoms with van der Waals surface area (Å²) in [5, 5.41) is 10.7. The molecule has 0 aromatic rings. The van der Waals surface area contributed by atoms with Crippen molar-refractivity contribution in [3.8, 4) is 0 Å². The molecule has 43 valence electrons. The summed E-state index contributed by atoms with van der Waals surface area (Å²) in [6.07, 6.45) is 0.205. The molecule has 8 heavy (non-hydrogen) atoms. The molecule has 2 N–H and O–H groups in total. The molecule has 0 aliphatic carbocycles. The van der Waals surface area contributed by atoms with Crippen LogP contribution in [-0.2, 0) is 4.79 Å². The molecule has 0 aliphatic rings. The van der Waals surface area contributed by atoms with Crippen LogP contribution < -0.4 is 5.32 Å². The van der Waals surface area contributed by atoms with Gasteiger partial charge < -0.3 is 10.4 Å². The fourth-order valence-electron chi connectivity index (χ4n) is 0.232. The molecule has 0 rings (SSSR count). The van der Waals surface area contributed by atoms with Gasteiger partial charge in [0.15, 0.2) is 0 Å². The zero-order chi connectivity index (χ0) is 5.70. The van der Waals surface area contributed by atoms with Crippen molar-refractivity contribution in [2.45, 2.75) is 6.42 Å². The zero-order valence-electron chi connectivity index (χ0n) is 5.27. The molecule has 0 amide bonds. The third-order valence-electron chi connectivity index (χ3n) is 0.589. The Morgan fingerprint density at radius 2 is 2.25 bits per heavy atom. The normalized spacial score (nSPS) is 7.62. The van der Waals surface area contributed by atoms with Gasteiger partial charge in [-0.3, -0.25) is 4.79 Å². The molecule has 0 aromatic carbocycles. The summed E-state index contributed by atoms with van der Waals surface area (Å²) in [5.74, 6) is -0.755. The topological polar surface area (TPSA) is 49.3 Å². The van der Waals surface area contributed by atoms with E-state index in [0.717, 1.165) is 0 Å². The first-order valence-corrected chi connectivity index (χ1v) is 2.13. The Balaban J connectivity index is 0. The van der Waals surface area contributed by atoms with Gasteiger partial charge in [-0.2, -0.15) is 0 Å². The van der Waals surface area contributed by atoms with Gasteiger partial charge >= 0.3 is 5.97 Å². The van der Waals surface area contributed by atoms with E-state index in [1.54, 1.807) is 7.05 Å². The molecule has 0 saturated carbocycles. The maximum atomic E-state index is 9.72. The number of rotatable bonds is 3. The van der Waals surface area contributed by atoms with E-state index in [0.29, 0.717) is 6.54 Å². The Bertz CT molecular complexity index is 67.1. The van der Waals surface area contributed by atoms with Crippen molar-refractivity contribution in [2.75, 3.05) is 13.6 Å². The van der Waals surface area contributed by atoms with Crippen molar-refractivity contribution in [3.05, 3.63) is 0 Å². The predicted molar refractivity (Wildman–Crippen MR) is 31.9 cm³/mol. The van der Waals surface area contributed by atoms with Crippen molar-refractivity contribution >= 4 is 57.4 Å². The summed E-state index contributed by atoms with van der Waals surface area (Å²) in [5.41, 5.74) is 0. The van der Waals surface area contributed by atoms with Gasteiger partial charge in [-0.25, -0.2) is 0 Å². The zero-order valence-corrected chi connectivity index (χ0v) is 8.39. The number of hydrogen-bond acceptors (Lipinski definition) is 2. The van der Waals surface area contributed by atoms with Crippen LogP contribution in [0.25, 0.3) is 0 Å². The van der Waals surface area contributed by atoms with Crippen LogP contribution in [0.3, 0.4) is 0 Å². The molecular weight excluding hydrogens is 133 g/mol. The molecule has 0 aliphatic heterocycles. The number of carbonyl (C=O) groups is 1. The van der Waals surface area contributed by atoms with Crippen molar-refractivity contribution in [2.24, 2.45) is 0 Å². The molecule has 0 spiro atoms. The summed E-state index contributed by atoms with van der Waals surface area (Å²) in [6.45, 7) is 0.551. The number of aliphatic carboxylic acids is 1. The predicted octanol–water partition coefficient (Wildman–Crippen LogP) is -0.700. The average molecular weight is 142 g/mol. The molecule has 0 fully saturated rings. The minimum Gasteiger partial charge on any atom is -0.481 e. The number of carboxylic acid groups (broad SMARTS) is 1. The van der Waals surface area contributed by atoms with Gasteiger partial charge in [0.1, 0.15) is 0 Å². The van der Waals surface area contributed by atoms with Gasteiger partial charge in [0.05, 0.1) is 6.42 Å². The number of nitrogens with one attached hydrogen (secondary N) is 1. The van der Waals surface area contributed by atoms with E-state index in [9.17, 15) is 4.79 Å². The molecule has 1 radical (unpaired) electrons. The Hall–Kier alpha value is 1.07. The SMILES string of the molecule is CNCCC(=O)O.[K]. The Labute approximate surface area is 91.3 Å². The van der Waals surface area contributed by atoms with Crippen LogP contribution in [0, 0.1) is 0 Å². The summed E-state index contributed by atoms with van der Waals surface area (Å²) >= 11 is 0. The van der Waals surface area contributed by atoms with Crippen LogP contribution in [-0.4, -0.2) is 76.1 Å². The Kier molecular flexibility index (Phi) is 11.9. The third-order valence-corrected chi connectivity index (χ3v) is 0.589. The summed E-state index contributed by atoms with van der Waals surface area (Å²) < 4.78 is 0. The first-order chi connectivity index (χ1) is 3.27. The number of hydrogen-bond donors (Lipinski definition) is 2. The third kappa shape index (κ3) is 10.1. The molecule has 3 nitrogen and oxygen atoms in total. The monoisotopic (exact) mass is 142 g/mol. The molecule has 0 aromatic heterocycles. The van der Waals surface area contributed by atoms with E-state index in [1.165, 1.54) is 0 Å². The van der Waals surface area contributed by atoms with E-state index >= 15 is 0 Å². The van der Waals surface area contributed by atoms with E-state index < -0.39 is 5.97 Å². The van der Waals surface area contributed by atoms with Gasteiger partial charge in [-0.15, -0.1) is 0 Å². The van der Waals surface area contributed by atoms with Crippen molar-refractivity contribution in [1.82, 2.24) is 5.32 Å². The fourth-order valence-corrected chi connectivity index (χ4v) is 0.232. The van der Waals surface area contributed by atoms with E-state index in [-0.39, 0.29) is 57.8 Å². The minimum atomic E-state index is -0.755. The van der Waals surface area contributed by atoms with Crippen LogP contribution in [0.5, 0.6) is 0 Å². The smallest absolute Gasteiger partial charge is 0.304 e. The molecule has 0 heterocycles. The summed E-state index contributed by atoms with van der Waals surface area (Å²) in [6, 6.07) is 0. The van der Waals surface area contributed by atoms with Gasteiger partial charge in [0.2, 0.25) is 0 Å². The molecule has 0 bridgehead atoms. The van der Waals surface area contributed by atoms with Crippen molar-refractivity contribution in [1.29, 1.82) is 0 Å². The van der Waals surface area contributed by atoms with Crippen LogP contribution in [0.2, 0.25) is 0 Å². The van der Waals surface area contributed by atoms with Gasteiger partial charge in [0.25, 0.3) is 0 Å². The van der Waals surface area contributed by atoms with Gasteiger partial charge in [-0.05, 0) is 7.05 Å². The quantitative estimate of drug-likeness (QED) is 0.512. The van der Waals surface area contributed by atoms with Gasteiger partial charge in [0, 0.05) is 57.9 Å². The molecule has 0 saturated heterocycles. The fraction of sp³-hybridized carbons (Fsp3) is 0.750. The molecule has 0 atom stereocenters. The second-order valence-electron chi connectivity index (χ2n) is 1.25. The Morgan fingerprint density at radius 3 is 2.38 bits per heavy atom. The molecule has 0 unspecified atom stereocenters. The summed E-state index contributed by atoms with van der Waals surface area (Å²) in [7, 11) is 1.73. The summed E-state index contributed by atoms with van der Waals surface area (Å²) in [4.78, 5) is 9.72. The molecule has 4 heteroatoms. The molecular formula is C4H9KNO2. The first kappa shape index (κ1) is 11.8. The van der Waals surface area contributed by atoms with Gasteiger partial charge in [-0.1, -0.05) is 0 Å². The van der Waals surface area contributed by atoms with E-state index in [1.807, 2.05) is 0 Å². The first-order valence-electron chi connectivity index (χ1n) is 2.13. The maximum Gasteiger partial charge on any atom is 0.304 e. The van der Waals surface area contributed by atoms with E-state index in [4.69, 9.17) is 5.11 Å². The Morgan fingerprint density at radius 1 is 1.75 bits per heavy atom. The van der Waals surface area contributed by atoms with E-state index in [2.05, 4.69) is 5.32 Å². The van der Waals surface area contributed by atoms with Crippen LogP contribution >= 0.6 is 0 Å². The van der Waals surface area contributed by atoms with Crippen LogP contribution in [0.4, 0.5) is 0 Å². The largest absolute Gasteiger partial charge is 0.481 e. The standard InChI is InChI=1S/C4H9NO2.K/c1-5-3-2-4(6)7;/h5H,2-3H2,1H3,(H,6,7);. The average Bonchev–Trinajstić information content (AvgIpc) is 1.61. The van der Waals surface area contributed by atoms with Crippen LogP contribution in [0.1, 0.15) is 6.42 Å². The maximum absolute atomic E-state index is 9.72. The van der Waals surface area contributed by atoms with Crippen molar-refractivity contribution < 1.29 is 9.90 Å². The van der Waals surface area contributed by atoms with Crippen LogP contribution in [0.15, 0.2) is 0 Å². The minimum absolute atomic E-state index is 0. The number of carboxylic acids is 1. The second kappa shape index (κ2) is 8.07. The second-order valence-corrected chi connectivity index (χ2v) is 1.25.